The Morgan fingerprint density at radius 3 is 2.55 bits per heavy atom. The zero-order valence-corrected chi connectivity index (χ0v) is 11.8. The van der Waals surface area contributed by atoms with E-state index in [1.807, 2.05) is 38.1 Å². The highest BCUT2D eigenvalue weighted by Crippen LogP contribution is 2.35. The lowest BCUT2D eigenvalue weighted by atomic mass is 9.93. The maximum Gasteiger partial charge on any atom is 0.315 e. The van der Waals surface area contributed by atoms with Gasteiger partial charge in [0.25, 0.3) is 0 Å². The number of aryl methyl sites for hydroxylation is 1. The Labute approximate surface area is 119 Å². The summed E-state index contributed by atoms with van der Waals surface area (Å²) in [4.78, 5) is 11.7. The summed E-state index contributed by atoms with van der Waals surface area (Å²) in [6, 6.07) is 7.17. The predicted molar refractivity (Wildman–Crippen MR) is 76.5 cm³/mol. The summed E-state index contributed by atoms with van der Waals surface area (Å²) in [6.45, 7) is 4.36. The topological polar surface area (TPSA) is 81.6 Å². The van der Waals surface area contributed by atoms with E-state index >= 15 is 0 Å². The second-order valence-electron chi connectivity index (χ2n) is 5.34. The van der Waals surface area contributed by atoms with Gasteiger partial charge in [-0.25, -0.2) is 4.79 Å². The highest BCUT2D eigenvalue weighted by Gasteiger charge is 2.43. The third-order valence-electron chi connectivity index (χ3n) is 3.83. The van der Waals surface area contributed by atoms with E-state index in [-0.39, 0.29) is 11.9 Å². The number of rotatable bonds is 3. The third-order valence-corrected chi connectivity index (χ3v) is 3.83. The molecule has 5 nitrogen and oxygen atoms in total. The van der Waals surface area contributed by atoms with Gasteiger partial charge in [-0.15, -0.1) is 0 Å². The molecule has 5 heteroatoms. The van der Waals surface area contributed by atoms with Gasteiger partial charge in [0.15, 0.2) is 0 Å². The van der Waals surface area contributed by atoms with Crippen LogP contribution in [-0.2, 0) is 0 Å². The van der Waals surface area contributed by atoms with Crippen LogP contribution < -0.4 is 10.6 Å². The third kappa shape index (κ3) is 3.11. The number of urea groups is 1. The second-order valence-corrected chi connectivity index (χ2v) is 5.34. The summed E-state index contributed by atoms with van der Waals surface area (Å²) in [6.07, 6.45) is -1.31. The van der Waals surface area contributed by atoms with E-state index in [2.05, 4.69) is 10.6 Å². The molecule has 4 unspecified atom stereocenters. The van der Waals surface area contributed by atoms with Crippen LogP contribution in [-0.4, -0.2) is 41.0 Å². The molecule has 2 amide bonds. The first kappa shape index (κ1) is 14.8. The molecular weight excluding hydrogens is 256 g/mol. The van der Waals surface area contributed by atoms with Crippen molar-refractivity contribution >= 4 is 6.03 Å². The smallest absolute Gasteiger partial charge is 0.315 e. The van der Waals surface area contributed by atoms with Gasteiger partial charge in [0, 0.05) is 12.5 Å². The quantitative estimate of drug-likeness (QED) is 0.663. The van der Waals surface area contributed by atoms with Crippen molar-refractivity contribution in [3.63, 3.8) is 0 Å². The van der Waals surface area contributed by atoms with Crippen molar-refractivity contribution in [3.05, 3.63) is 35.4 Å². The molecular formula is C15H22N2O3. The molecule has 20 heavy (non-hydrogen) atoms. The zero-order valence-electron chi connectivity index (χ0n) is 11.8. The van der Waals surface area contributed by atoms with Crippen molar-refractivity contribution < 1.29 is 15.0 Å². The van der Waals surface area contributed by atoms with Crippen molar-refractivity contribution in [1.82, 2.24) is 10.6 Å². The lowest BCUT2D eigenvalue weighted by Gasteiger charge is -2.24. The molecule has 0 bridgehead atoms. The molecule has 4 atom stereocenters. The normalized spacial score (nSPS) is 29.2. The first-order chi connectivity index (χ1) is 9.52. The van der Waals surface area contributed by atoms with Crippen LogP contribution in [0, 0.1) is 6.92 Å². The Balaban J connectivity index is 2.17. The minimum atomic E-state index is -0.941. The molecule has 1 fully saturated rings. The van der Waals surface area contributed by atoms with E-state index in [1.54, 1.807) is 0 Å². The zero-order chi connectivity index (χ0) is 14.7. The number of hydrogen-bond acceptors (Lipinski definition) is 3. The molecule has 1 aromatic rings. The molecule has 1 aromatic carbocycles. The average Bonchev–Trinajstić information content (AvgIpc) is 2.68. The number of benzene rings is 1. The molecule has 1 aliphatic carbocycles. The predicted octanol–water partition coefficient (Wildman–Crippen LogP) is 0.892. The van der Waals surface area contributed by atoms with Crippen LogP contribution in [0.2, 0.25) is 0 Å². The van der Waals surface area contributed by atoms with Gasteiger partial charge in [-0.1, -0.05) is 29.8 Å². The van der Waals surface area contributed by atoms with Crippen LogP contribution in [0.3, 0.4) is 0 Å². The summed E-state index contributed by atoms with van der Waals surface area (Å²) in [5.74, 6) is -0.0804. The van der Waals surface area contributed by atoms with Crippen molar-refractivity contribution in [2.45, 2.75) is 44.4 Å². The van der Waals surface area contributed by atoms with E-state index in [4.69, 9.17) is 0 Å². The Kier molecular flexibility index (Phi) is 4.62. The fourth-order valence-corrected chi connectivity index (χ4v) is 2.73. The van der Waals surface area contributed by atoms with Crippen molar-refractivity contribution in [2.75, 3.05) is 6.54 Å². The fraction of sp³-hybridized carbons (Fsp3) is 0.533. The number of carbonyl (C=O) groups is 1. The molecule has 0 saturated heterocycles. The van der Waals surface area contributed by atoms with Gasteiger partial charge >= 0.3 is 6.03 Å². The molecule has 2 rings (SSSR count). The minimum Gasteiger partial charge on any atom is -0.390 e. The van der Waals surface area contributed by atoms with Crippen LogP contribution in [0.1, 0.15) is 30.4 Å². The van der Waals surface area contributed by atoms with Crippen LogP contribution in [0.5, 0.6) is 0 Å². The second kappa shape index (κ2) is 6.24. The van der Waals surface area contributed by atoms with Gasteiger partial charge in [-0.05, 0) is 25.8 Å². The number of aliphatic hydroxyl groups is 2. The molecule has 110 valence electrons. The summed E-state index contributed by atoms with van der Waals surface area (Å²) in [7, 11) is 0. The highest BCUT2D eigenvalue weighted by molar-refractivity contribution is 5.74. The summed E-state index contributed by atoms with van der Waals surface area (Å²) in [5.41, 5.74) is 2.18. The first-order valence-electron chi connectivity index (χ1n) is 7.00. The lowest BCUT2D eigenvalue weighted by Crippen LogP contribution is -2.49. The van der Waals surface area contributed by atoms with Gasteiger partial charge in [-0.3, -0.25) is 0 Å². The molecule has 0 spiro atoms. The Morgan fingerprint density at radius 2 is 1.95 bits per heavy atom. The summed E-state index contributed by atoms with van der Waals surface area (Å²) in [5, 5.41) is 25.4. The van der Waals surface area contributed by atoms with Crippen LogP contribution >= 0.6 is 0 Å². The van der Waals surface area contributed by atoms with Crippen molar-refractivity contribution in [1.29, 1.82) is 0 Å². The lowest BCUT2D eigenvalue weighted by molar-refractivity contribution is 0.0319. The first-order valence-corrected chi connectivity index (χ1v) is 7.00. The van der Waals surface area contributed by atoms with Crippen LogP contribution in [0.15, 0.2) is 24.3 Å². The largest absolute Gasteiger partial charge is 0.390 e. The van der Waals surface area contributed by atoms with Crippen LogP contribution in [0.25, 0.3) is 0 Å². The molecule has 1 saturated carbocycles. The number of carbonyl (C=O) groups excluding carboxylic acids is 1. The van der Waals surface area contributed by atoms with Gasteiger partial charge < -0.3 is 20.8 Å². The molecule has 0 heterocycles. The molecule has 0 aromatic heterocycles. The number of aliphatic hydroxyl groups excluding tert-OH is 2. The Morgan fingerprint density at radius 1 is 1.30 bits per heavy atom. The van der Waals surface area contributed by atoms with Gasteiger partial charge in [0.1, 0.15) is 6.10 Å². The Bertz CT molecular complexity index is 461. The van der Waals surface area contributed by atoms with E-state index in [1.165, 1.54) is 0 Å². The Hall–Kier alpha value is -1.59. The van der Waals surface area contributed by atoms with Crippen LogP contribution in [0.4, 0.5) is 4.79 Å². The van der Waals surface area contributed by atoms with Gasteiger partial charge in [0.05, 0.1) is 12.1 Å². The van der Waals surface area contributed by atoms with Gasteiger partial charge in [-0.2, -0.15) is 0 Å². The maximum absolute atomic E-state index is 11.7. The van der Waals surface area contributed by atoms with E-state index in [0.29, 0.717) is 13.0 Å². The van der Waals surface area contributed by atoms with Gasteiger partial charge in [0.2, 0.25) is 0 Å². The van der Waals surface area contributed by atoms with E-state index < -0.39 is 18.2 Å². The minimum absolute atomic E-state index is 0.0804. The van der Waals surface area contributed by atoms with Crippen molar-refractivity contribution in [3.8, 4) is 0 Å². The standard InChI is InChI=1S/C15H22N2O3/c1-3-16-15(20)17-13-11(8-12(18)14(13)19)10-6-4-9(2)5-7-10/h4-7,11-14,18-19H,3,8H2,1-2H3,(H2,16,17,20). The molecule has 0 aliphatic heterocycles. The summed E-state index contributed by atoms with van der Waals surface area (Å²) >= 11 is 0. The number of hydrogen-bond donors (Lipinski definition) is 4. The molecule has 4 N–H and O–H groups in total. The van der Waals surface area contributed by atoms with E-state index in [0.717, 1.165) is 11.1 Å². The summed E-state index contributed by atoms with van der Waals surface area (Å²) < 4.78 is 0. The monoisotopic (exact) mass is 278 g/mol. The van der Waals surface area contributed by atoms with E-state index in [9.17, 15) is 15.0 Å². The fourth-order valence-electron chi connectivity index (χ4n) is 2.73. The maximum atomic E-state index is 11.7. The number of amides is 2. The highest BCUT2D eigenvalue weighted by atomic mass is 16.3. The number of nitrogens with one attached hydrogen (secondary N) is 2. The SMILES string of the molecule is CCNC(=O)NC1C(c2ccc(C)cc2)CC(O)C1O. The molecule has 0 radical (unpaired) electrons. The van der Waals surface area contributed by atoms with Crippen molar-refractivity contribution in [2.24, 2.45) is 0 Å². The average molecular weight is 278 g/mol. The molecule has 1 aliphatic rings.